The van der Waals surface area contributed by atoms with E-state index in [1.54, 1.807) is 7.11 Å². The van der Waals surface area contributed by atoms with Gasteiger partial charge in [0, 0.05) is 32.3 Å². The van der Waals surface area contributed by atoms with Crippen LogP contribution in [0.5, 0.6) is 0 Å². The van der Waals surface area contributed by atoms with Gasteiger partial charge in [0.1, 0.15) is 11.6 Å². The van der Waals surface area contributed by atoms with Gasteiger partial charge in [0.15, 0.2) is 0 Å². The van der Waals surface area contributed by atoms with Crippen molar-refractivity contribution in [3.63, 3.8) is 0 Å². The van der Waals surface area contributed by atoms with Crippen LogP contribution in [0, 0.1) is 6.92 Å². The minimum Gasteiger partial charge on any atom is -0.380 e. The molecule has 2 heterocycles. The Kier molecular flexibility index (Phi) is 5.28. The van der Waals surface area contributed by atoms with Gasteiger partial charge in [-0.2, -0.15) is 0 Å². The summed E-state index contributed by atoms with van der Waals surface area (Å²) in [6.45, 7) is 3.12. The third-order valence-corrected chi connectivity index (χ3v) is 4.45. The monoisotopic (exact) mass is 340 g/mol. The number of nitrogens with zero attached hydrogens (tertiary/aromatic N) is 3. The van der Waals surface area contributed by atoms with Crippen LogP contribution in [-0.2, 0) is 11.3 Å². The quantitative estimate of drug-likeness (QED) is 0.906. The van der Waals surface area contributed by atoms with Crippen molar-refractivity contribution in [2.45, 2.75) is 32.4 Å². The van der Waals surface area contributed by atoms with Gasteiger partial charge in [0.05, 0.1) is 18.3 Å². The van der Waals surface area contributed by atoms with Gasteiger partial charge in [-0.25, -0.2) is 9.97 Å². The van der Waals surface area contributed by atoms with Crippen LogP contribution >= 0.6 is 0 Å². The molecule has 6 heteroatoms. The Bertz CT molecular complexity index is 763. The molecule has 1 aliphatic heterocycles. The molecule has 1 amide bonds. The van der Waals surface area contributed by atoms with E-state index in [9.17, 15) is 4.79 Å². The normalized spacial score (nSPS) is 16.9. The van der Waals surface area contributed by atoms with Crippen molar-refractivity contribution >= 4 is 11.7 Å². The summed E-state index contributed by atoms with van der Waals surface area (Å²) >= 11 is 0. The largest absolute Gasteiger partial charge is 0.380 e. The van der Waals surface area contributed by atoms with Gasteiger partial charge < -0.3 is 15.0 Å². The number of anilines is 1. The Hall–Kier alpha value is -2.47. The molecule has 0 radical (unpaired) electrons. The van der Waals surface area contributed by atoms with Gasteiger partial charge in [-0.1, -0.05) is 12.1 Å². The lowest BCUT2D eigenvalue weighted by Gasteiger charge is -2.25. The molecule has 3 rings (SSSR count). The average Bonchev–Trinajstić information content (AvgIpc) is 3.11. The molecule has 1 saturated heterocycles. The Morgan fingerprint density at radius 3 is 2.96 bits per heavy atom. The summed E-state index contributed by atoms with van der Waals surface area (Å²) in [6.07, 6.45) is 1.90. The van der Waals surface area contributed by atoms with E-state index in [-0.39, 0.29) is 11.9 Å². The van der Waals surface area contributed by atoms with Crippen LogP contribution in [0.3, 0.4) is 0 Å². The topological polar surface area (TPSA) is 67.4 Å². The molecule has 0 saturated carbocycles. The molecule has 0 spiro atoms. The number of hydrogen-bond acceptors (Lipinski definition) is 5. The molecule has 0 unspecified atom stereocenters. The van der Waals surface area contributed by atoms with E-state index in [1.165, 1.54) is 0 Å². The first kappa shape index (κ1) is 17.4. The Morgan fingerprint density at radius 1 is 1.36 bits per heavy atom. The second kappa shape index (κ2) is 7.61. The van der Waals surface area contributed by atoms with Crippen LogP contribution < -0.4 is 5.32 Å². The van der Waals surface area contributed by atoms with Crippen LogP contribution in [-0.4, -0.2) is 41.5 Å². The number of likely N-dealkylation sites (tertiary alicyclic amines) is 1. The van der Waals surface area contributed by atoms with Crippen molar-refractivity contribution in [3.8, 4) is 0 Å². The second-order valence-corrected chi connectivity index (χ2v) is 6.27. The van der Waals surface area contributed by atoms with Gasteiger partial charge in [0.2, 0.25) is 0 Å². The number of ether oxygens (including phenoxy) is 1. The summed E-state index contributed by atoms with van der Waals surface area (Å²) in [7, 11) is 3.49. The number of methoxy groups -OCH3 is 1. The average molecular weight is 340 g/mol. The highest BCUT2D eigenvalue weighted by Crippen LogP contribution is 2.33. The SMILES string of the molecule is CNc1cc([C@@H]2CCCN2C(=O)c2cccc(COC)c2)nc(C)n1. The standard InChI is InChI=1S/C19H24N4O2/c1-13-21-16(11-18(20-2)22-13)17-8-5-9-23(17)19(24)15-7-4-6-14(10-15)12-25-3/h4,6-7,10-11,17H,5,8-9,12H2,1-3H3,(H,20,21,22)/t17-/m0/s1. The molecule has 132 valence electrons. The van der Waals surface area contributed by atoms with E-state index in [0.717, 1.165) is 36.5 Å². The van der Waals surface area contributed by atoms with Crippen LogP contribution in [0.2, 0.25) is 0 Å². The summed E-state index contributed by atoms with van der Waals surface area (Å²) in [4.78, 5) is 23.9. The number of carbonyl (C=O) groups is 1. The summed E-state index contributed by atoms with van der Waals surface area (Å²) in [5.41, 5.74) is 2.59. The molecule has 1 aromatic heterocycles. The molecular formula is C19H24N4O2. The van der Waals surface area contributed by atoms with Gasteiger partial charge in [0.25, 0.3) is 5.91 Å². The highest BCUT2D eigenvalue weighted by Gasteiger charge is 2.32. The van der Waals surface area contributed by atoms with Gasteiger partial charge in [-0.05, 0) is 37.5 Å². The first-order valence-electron chi connectivity index (χ1n) is 8.54. The number of benzene rings is 1. The third-order valence-electron chi connectivity index (χ3n) is 4.45. The van der Waals surface area contributed by atoms with Gasteiger partial charge in [-0.3, -0.25) is 4.79 Å². The first-order chi connectivity index (χ1) is 12.1. The zero-order valence-electron chi connectivity index (χ0n) is 15.0. The van der Waals surface area contributed by atoms with Crippen molar-refractivity contribution in [3.05, 3.63) is 53.0 Å². The van der Waals surface area contributed by atoms with Crippen molar-refractivity contribution in [2.24, 2.45) is 0 Å². The van der Waals surface area contributed by atoms with Crippen LogP contribution in [0.15, 0.2) is 30.3 Å². The van der Waals surface area contributed by atoms with E-state index in [4.69, 9.17) is 4.74 Å². The zero-order chi connectivity index (χ0) is 17.8. The van der Waals surface area contributed by atoms with E-state index >= 15 is 0 Å². The number of rotatable bonds is 5. The van der Waals surface area contributed by atoms with Gasteiger partial charge in [-0.15, -0.1) is 0 Å². The molecule has 0 aliphatic carbocycles. The molecule has 2 aromatic rings. The highest BCUT2D eigenvalue weighted by molar-refractivity contribution is 5.94. The van der Waals surface area contributed by atoms with E-state index < -0.39 is 0 Å². The molecule has 1 aromatic carbocycles. The molecule has 1 aliphatic rings. The maximum absolute atomic E-state index is 13.1. The van der Waals surface area contributed by atoms with E-state index in [2.05, 4.69) is 15.3 Å². The summed E-state index contributed by atoms with van der Waals surface area (Å²) < 4.78 is 5.17. The third kappa shape index (κ3) is 3.79. The van der Waals surface area contributed by atoms with Crippen LogP contribution in [0.4, 0.5) is 5.82 Å². The number of hydrogen-bond donors (Lipinski definition) is 1. The van der Waals surface area contributed by atoms with Crippen LogP contribution in [0.25, 0.3) is 0 Å². The summed E-state index contributed by atoms with van der Waals surface area (Å²) in [6, 6.07) is 9.57. The Balaban J connectivity index is 1.87. The number of aryl methyl sites for hydroxylation is 1. The zero-order valence-corrected chi connectivity index (χ0v) is 15.0. The Labute approximate surface area is 148 Å². The second-order valence-electron chi connectivity index (χ2n) is 6.27. The first-order valence-corrected chi connectivity index (χ1v) is 8.54. The van der Waals surface area contributed by atoms with Crippen molar-refractivity contribution in [1.29, 1.82) is 0 Å². The summed E-state index contributed by atoms with van der Waals surface area (Å²) in [5.74, 6) is 1.54. The highest BCUT2D eigenvalue weighted by atomic mass is 16.5. The summed E-state index contributed by atoms with van der Waals surface area (Å²) in [5, 5.41) is 3.06. The number of aromatic nitrogens is 2. The van der Waals surface area contributed by atoms with E-state index in [1.807, 2.05) is 49.2 Å². The minimum absolute atomic E-state index is 0.00705. The lowest BCUT2D eigenvalue weighted by Crippen LogP contribution is -2.31. The smallest absolute Gasteiger partial charge is 0.254 e. The minimum atomic E-state index is -0.00705. The fourth-order valence-electron chi connectivity index (χ4n) is 3.33. The van der Waals surface area contributed by atoms with E-state index in [0.29, 0.717) is 18.0 Å². The lowest BCUT2D eigenvalue weighted by molar-refractivity contribution is 0.0732. The molecule has 1 fully saturated rings. The molecule has 0 bridgehead atoms. The van der Waals surface area contributed by atoms with Gasteiger partial charge >= 0.3 is 0 Å². The fraction of sp³-hybridized carbons (Fsp3) is 0.421. The van der Waals surface area contributed by atoms with Crippen molar-refractivity contribution < 1.29 is 9.53 Å². The number of nitrogens with one attached hydrogen (secondary N) is 1. The predicted molar refractivity (Wildman–Crippen MR) is 96.5 cm³/mol. The molecule has 1 N–H and O–H groups in total. The number of carbonyl (C=O) groups excluding carboxylic acids is 1. The lowest BCUT2D eigenvalue weighted by atomic mass is 10.1. The molecule has 6 nitrogen and oxygen atoms in total. The molecular weight excluding hydrogens is 316 g/mol. The Morgan fingerprint density at radius 2 is 2.20 bits per heavy atom. The van der Waals surface area contributed by atoms with Crippen LogP contribution in [0.1, 0.15) is 46.3 Å². The molecule has 25 heavy (non-hydrogen) atoms. The van der Waals surface area contributed by atoms with Crippen molar-refractivity contribution in [2.75, 3.05) is 26.0 Å². The maximum Gasteiger partial charge on any atom is 0.254 e. The predicted octanol–water partition coefficient (Wildman–Crippen LogP) is 2.95. The number of amides is 1. The molecule has 1 atom stereocenters. The fourth-order valence-corrected chi connectivity index (χ4v) is 3.33. The van der Waals surface area contributed by atoms with Crippen molar-refractivity contribution in [1.82, 2.24) is 14.9 Å². The maximum atomic E-state index is 13.1.